The lowest BCUT2D eigenvalue weighted by atomic mass is 9.95. The molecule has 9 aromatic rings. The second kappa shape index (κ2) is 11.4. The molecular weight excluding hydrogens is 611 g/mol. The standard InChI is InChI=1S/C45H25N5/c1-46-31-23-25-44-38(28-31)35-16-6-7-19-41(35)49(44)32-13-10-12-29(26-32)30-22-24-39(47-2)37(27-30)36-17-11-18-40(48-3)45(36)50-42-20-8-4-14-33(42)34-15-5-9-21-43(34)50/h4-28H. The van der Waals surface area contributed by atoms with E-state index in [1.807, 2.05) is 84.9 Å². The molecule has 7 aromatic carbocycles. The maximum Gasteiger partial charge on any atom is 0.211 e. The van der Waals surface area contributed by atoms with Gasteiger partial charge in [0.25, 0.3) is 0 Å². The number of hydrogen-bond donors (Lipinski definition) is 0. The van der Waals surface area contributed by atoms with Gasteiger partial charge in [-0.1, -0.05) is 109 Å². The number of para-hydroxylation sites is 4. The first-order valence-corrected chi connectivity index (χ1v) is 16.2. The highest BCUT2D eigenvalue weighted by molar-refractivity contribution is 6.11. The van der Waals surface area contributed by atoms with E-state index in [2.05, 4.69) is 90.4 Å². The Bertz CT molecular complexity index is 2920. The van der Waals surface area contributed by atoms with Gasteiger partial charge in [0.2, 0.25) is 5.69 Å². The third-order valence-corrected chi connectivity index (χ3v) is 9.57. The van der Waals surface area contributed by atoms with Gasteiger partial charge < -0.3 is 9.13 Å². The molecule has 0 N–H and O–H groups in total. The molecule has 0 aliphatic carbocycles. The van der Waals surface area contributed by atoms with Crippen molar-refractivity contribution in [1.82, 2.24) is 9.13 Å². The van der Waals surface area contributed by atoms with Crippen LogP contribution in [0.4, 0.5) is 17.1 Å². The summed E-state index contributed by atoms with van der Waals surface area (Å²) in [7, 11) is 0. The quantitative estimate of drug-likeness (QED) is 0.172. The molecule has 2 aromatic heterocycles. The van der Waals surface area contributed by atoms with E-state index < -0.39 is 0 Å². The number of hydrogen-bond acceptors (Lipinski definition) is 0. The molecule has 0 amide bonds. The molecule has 0 radical (unpaired) electrons. The predicted octanol–water partition coefficient (Wildman–Crippen LogP) is 12.9. The van der Waals surface area contributed by atoms with Gasteiger partial charge >= 0.3 is 0 Å². The Morgan fingerprint density at radius 3 is 1.66 bits per heavy atom. The van der Waals surface area contributed by atoms with Crippen LogP contribution in [-0.2, 0) is 0 Å². The number of nitrogens with zero attached hydrogens (tertiary/aromatic N) is 5. The van der Waals surface area contributed by atoms with Crippen LogP contribution in [0, 0.1) is 19.7 Å². The molecule has 0 atom stereocenters. The third-order valence-electron chi connectivity index (χ3n) is 9.57. The molecule has 0 bridgehead atoms. The maximum atomic E-state index is 8.20. The molecule has 5 heteroatoms. The number of rotatable bonds is 4. The van der Waals surface area contributed by atoms with Crippen molar-refractivity contribution in [1.29, 1.82) is 0 Å². The predicted molar refractivity (Wildman–Crippen MR) is 205 cm³/mol. The first-order valence-electron chi connectivity index (χ1n) is 16.2. The van der Waals surface area contributed by atoms with Crippen molar-refractivity contribution < 1.29 is 0 Å². The summed E-state index contributed by atoms with van der Waals surface area (Å²) in [4.78, 5) is 11.6. The van der Waals surface area contributed by atoms with E-state index >= 15 is 0 Å². The molecule has 2 heterocycles. The zero-order chi connectivity index (χ0) is 33.8. The van der Waals surface area contributed by atoms with E-state index in [0.29, 0.717) is 17.1 Å². The summed E-state index contributed by atoms with van der Waals surface area (Å²) in [6.45, 7) is 23.9. The zero-order valence-electron chi connectivity index (χ0n) is 26.7. The van der Waals surface area contributed by atoms with Gasteiger partial charge in [-0.2, -0.15) is 0 Å². The van der Waals surface area contributed by atoms with Gasteiger partial charge in [0, 0.05) is 21.8 Å². The molecule has 0 unspecified atom stereocenters. The van der Waals surface area contributed by atoms with Gasteiger partial charge in [0.05, 0.1) is 47.5 Å². The molecule has 9 rings (SSSR count). The Balaban J connectivity index is 1.26. The van der Waals surface area contributed by atoms with Gasteiger partial charge in [-0.3, -0.25) is 0 Å². The summed E-state index contributed by atoms with van der Waals surface area (Å²) in [6, 6.07) is 50.9. The smallest absolute Gasteiger partial charge is 0.211 e. The van der Waals surface area contributed by atoms with Crippen molar-refractivity contribution in [3.05, 3.63) is 186 Å². The first-order chi connectivity index (χ1) is 24.7. The Morgan fingerprint density at radius 1 is 0.380 bits per heavy atom. The lowest BCUT2D eigenvalue weighted by Gasteiger charge is -2.18. The minimum atomic E-state index is 0.519. The molecule has 0 aliphatic rings. The van der Waals surface area contributed by atoms with Gasteiger partial charge in [-0.05, 0) is 70.1 Å². The van der Waals surface area contributed by atoms with Crippen LogP contribution < -0.4 is 0 Å². The number of aromatic nitrogens is 2. The van der Waals surface area contributed by atoms with Crippen molar-refractivity contribution in [2.75, 3.05) is 0 Å². The van der Waals surface area contributed by atoms with Crippen molar-refractivity contribution in [3.8, 4) is 33.6 Å². The molecule has 5 nitrogen and oxygen atoms in total. The van der Waals surface area contributed by atoms with Crippen LogP contribution in [-0.4, -0.2) is 9.13 Å². The summed E-state index contributed by atoms with van der Waals surface area (Å²) in [6.07, 6.45) is 0. The second-order valence-electron chi connectivity index (χ2n) is 12.2. The first kappa shape index (κ1) is 28.8. The van der Waals surface area contributed by atoms with Crippen LogP contribution >= 0.6 is 0 Å². The van der Waals surface area contributed by atoms with Crippen LogP contribution in [0.25, 0.3) is 91.8 Å². The summed E-state index contributed by atoms with van der Waals surface area (Å²) >= 11 is 0. The van der Waals surface area contributed by atoms with E-state index in [4.69, 9.17) is 19.7 Å². The summed E-state index contributed by atoms with van der Waals surface area (Å²) < 4.78 is 4.42. The van der Waals surface area contributed by atoms with Crippen molar-refractivity contribution in [3.63, 3.8) is 0 Å². The Hall–Kier alpha value is -7.39. The Morgan fingerprint density at radius 2 is 0.980 bits per heavy atom. The van der Waals surface area contributed by atoms with E-state index in [-0.39, 0.29) is 0 Å². The largest absolute Gasteiger partial charge is 0.318 e. The average molecular weight is 636 g/mol. The lowest BCUT2D eigenvalue weighted by molar-refractivity contribution is 1.18. The minimum absolute atomic E-state index is 0.519. The minimum Gasteiger partial charge on any atom is -0.318 e. The Labute approximate surface area is 288 Å². The zero-order valence-corrected chi connectivity index (χ0v) is 26.7. The molecule has 0 saturated heterocycles. The van der Waals surface area contributed by atoms with Crippen LogP contribution in [0.15, 0.2) is 152 Å². The van der Waals surface area contributed by atoms with Gasteiger partial charge in [-0.25, -0.2) is 14.5 Å². The fourth-order valence-electron chi connectivity index (χ4n) is 7.40. The fraction of sp³-hybridized carbons (Fsp3) is 0. The number of fused-ring (bicyclic) bond motifs is 6. The van der Waals surface area contributed by atoms with E-state index in [1.165, 1.54) is 0 Å². The van der Waals surface area contributed by atoms with E-state index in [0.717, 1.165) is 77.2 Å². The number of benzene rings is 7. The molecule has 0 aliphatic heterocycles. The fourth-order valence-corrected chi connectivity index (χ4v) is 7.40. The molecule has 230 valence electrons. The highest BCUT2D eigenvalue weighted by Gasteiger charge is 2.21. The van der Waals surface area contributed by atoms with Gasteiger partial charge in [-0.15, -0.1) is 0 Å². The average Bonchev–Trinajstić information content (AvgIpc) is 3.70. The van der Waals surface area contributed by atoms with Crippen LogP contribution in [0.2, 0.25) is 0 Å². The van der Waals surface area contributed by atoms with Crippen molar-refractivity contribution in [2.45, 2.75) is 0 Å². The summed E-state index contributed by atoms with van der Waals surface area (Å²) in [5.74, 6) is 0. The van der Waals surface area contributed by atoms with Crippen LogP contribution in [0.1, 0.15) is 0 Å². The van der Waals surface area contributed by atoms with E-state index in [9.17, 15) is 0 Å². The molecule has 50 heavy (non-hydrogen) atoms. The van der Waals surface area contributed by atoms with Crippen molar-refractivity contribution >= 4 is 60.7 Å². The third kappa shape index (κ3) is 4.31. The Kier molecular flexibility index (Phi) is 6.56. The SMILES string of the molecule is [C-]#[N+]c1ccc2c(c1)c1ccccc1n2-c1cccc(-c2ccc([N+]#[C-])c(-c3cccc([N+]#[C-])c3-n3c4ccccc4c4ccccc43)c2)c1. The topological polar surface area (TPSA) is 22.9 Å². The summed E-state index contributed by atoms with van der Waals surface area (Å²) in [5, 5.41) is 4.36. The molecule has 0 saturated carbocycles. The highest BCUT2D eigenvalue weighted by Crippen LogP contribution is 2.44. The van der Waals surface area contributed by atoms with Crippen LogP contribution in [0.3, 0.4) is 0 Å². The molecular formula is C45H25N5. The normalized spacial score (nSPS) is 11.1. The monoisotopic (exact) mass is 635 g/mol. The van der Waals surface area contributed by atoms with Gasteiger partial charge in [0.15, 0.2) is 11.4 Å². The summed E-state index contributed by atoms with van der Waals surface area (Å²) in [5.41, 5.74) is 11.1. The second-order valence-corrected chi connectivity index (χ2v) is 12.2. The van der Waals surface area contributed by atoms with Crippen molar-refractivity contribution in [2.24, 2.45) is 0 Å². The van der Waals surface area contributed by atoms with Gasteiger partial charge in [0.1, 0.15) is 0 Å². The highest BCUT2D eigenvalue weighted by atomic mass is 15.0. The molecule has 0 fully saturated rings. The van der Waals surface area contributed by atoms with Crippen LogP contribution in [0.5, 0.6) is 0 Å². The lowest BCUT2D eigenvalue weighted by Crippen LogP contribution is -1.98. The van der Waals surface area contributed by atoms with E-state index in [1.54, 1.807) is 0 Å². The molecule has 0 spiro atoms. The maximum absolute atomic E-state index is 8.20.